The van der Waals surface area contributed by atoms with Gasteiger partial charge in [-0.3, -0.25) is 14.5 Å². The fraction of sp³-hybridized carbons (Fsp3) is 0.714. The summed E-state index contributed by atoms with van der Waals surface area (Å²) in [5.74, 6) is 0.155. The number of hydrogen-bond acceptors (Lipinski definition) is 5. The van der Waals surface area contributed by atoms with Gasteiger partial charge in [0.15, 0.2) is 0 Å². The number of aryl methyl sites for hydroxylation is 1. The molecule has 6 nitrogen and oxygen atoms in total. The van der Waals surface area contributed by atoms with Crippen molar-refractivity contribution in [3.63, 3.8) is 0 Å². The number of carbonyl (C=O) groups excluding carboxylic acids is 1. The number of rotatable bonds is 4. The molecule has 6 heteroatoms. The average molecular weight is 281 g/mol. The number of nitrogens with zero attached hydrogens (tertiary/aromatic N) is 2. The highest BCUT2D eigenvalue weighted by molar-refractivity contribution is 5.79. The van der Waals surface area contributed by atoms with Crippen LogP contribution >= 0.6 is 0 Å². The molecule has 0 amide bonds. The second-order valence-electron chi connectivity index (χ2n) is 5.58. The van der Waals surface area contributed by atoms with E-state index in [2.05, 4.69) is 5.32 Å². The van der Waals surface area contributed by atoms with Gasteiger partial charge in [0.25, 0.3) is 11.5 Å². The van der Waals surface area contributed by atoms with Crippen molar-refractivity contribution in [2.75, 3.05) is 20.6 Å². The minimum atomic E-state index is -0.389. The maximum absolute atomic E-state index is 12.1. The molecule has 0 unspecified atom stereocenters. The minimum Gasteiger partial charge on any atom is -0.373 e. The first kappa shape index (κ1) is 15.0. The van der Waals surface area contributed by atoms with E-state index in [1.807, 2.05) is 19.0 Å². The molecule has 2 rings (SSSR count). The van der Waals surface area contributed by atoms with Crippen LogP contribution in [-0.4, -0.2) is 48.3 Å². The summed E-state index contributed by atoms with van der Waals surface area (Å²) in [5.41, 5.74) is -0.389. The van der Waals surface area contributed by atoms with E-state index in [0.717, 1.165) is 30.4 Å². The molecule has 1 fully saturated rings. The summed E-state index contributed by atoms with van der Waals surface area (Å²) in [6.07, 6.45) is 4.39. The van der Waals surface area contributed by atoms with Gasteiger partial charge in [0.1, 0.15) is 5.76 Å². The summed E-state index contributed by atoms with van der Waals surface area (Å²) in [6, 6.07) is 2.32. The Balaban J connectivity index is 1.91. The monoisotopic (exact) mass is 281 g/mol. The van der Waals surface area contributed by atoms with Crippen LogP contribution in [0.15, 0.2) is 15.4 Å². The van der Waals surface area contributed by atoms with Crippen LogP contribution in [0.25, 0.3) is 0 Å². The van der Waals surface area contributed by atoms with Crippen molar-refractivity contribution < 1.29 is 9.32 Å². The van der Waals surface area contributed by atoms with Crippen molar-refractivity contribution >= 4 is 5.91 Å². The van der Waals surface area contributed by atoms with Gasteiger partial charge in [0.2, 0.25) is 0 Å². The highest BCUT2D eigenvalue weighted by Gasteiger charge is 2.25. The Morgan fingerprint density at radius 2 is 2.10 bits per heavy atom. The van der Waals surface area contributed by atoms with Gasteiger partial charge in [-0.05, 0) is 46.7 Å². The lowest BCUT2D eigenvalue weighted by atomic mass is 9.90. The molecule has 0 aliphatic heterocycles. The van der Waals surface area contributed by atoms with Gasteiger partial charge in [0, 0.05) is 18.2 Å². The normalized spacial score (nSPS) is 23.2. The van der Waals surface area contributed by atoms with Crippen LogP contribution in [0.5, 0.6) is 0 Å². The van der Waals surface area contributed by atoms with Gasteiger partial charge >= 0.3 is 0 Å². The highest BCUT2D eigenvalue weighted by Crippen LogP contribution is 2.22. The van der Waals surface area contributed by atoms with Gasteiger partial charge in [-0.1, -0.05) is 0 Å². The third-order valence-electron chi connectivity index (χ3n) is 4.10. The molecule has 0 spiro atoms. The highest BCUT2D eigenvalue weighted by atomic mass is 16.5. The zero-order chi connectivity index (χ0) is 14.7. The largest absolute Gasteiger partial charge is 0.373 e. The molecule has 112 valence electrons. The molecule has 20 heavy (non-hydrogen) atoms. The van der Waals surface area contributed by atoms with Crippen LogP contribution in [0.4, 0.5) is 0 Å². The molecule has 1 N–H and O–H groups in total. The molecular formula is C14H23N3O3. The number of aromatic nitrogens is 1. The number of nitrogens with one attached hydrogen (secondary N) is 1. The summed E-state index contributed by atoms with van der Waals surface area (Å²) in [6.45, 7) is 1.87. The Morgan fingerprint density at radius 3 is 2.60 bits per heavy atom. The molecule has 1 aromatic rings. The Labute approximate surface area is 118 Å². The van der Waals surface area contributed by atoms with Crippen molar-refractivity contribution in [3.8, 4) is 0 Å². The predicted octanol–water partition coefficient (Wildman–Crippen LogP) is 0.852. The fourth-order valence-corrected chi connectivity index (χ4v) is 2.83. The van der Waals surface area contributed by atoms with Crippen molar-refractivity contribution in [1.82, 2.24) is 15.0 Å². The van der Waals surface area contributed by atoms with E-state index in [9.17, 15) is 9.59 Å². The van der Waals surface area contributed by atoms with Crippen LogP contribution in [0, 0.1) is 6.92 Å². The number of carbonyl (C=O) groups is 1. The smallest absolute Gasteiger partial charge is 0.290 e. The van der Waals surface area contributed by atoms with Crippen molar-refractivity contribution in [2.24, 2.45) is 0 Å². The maximum atomic E-state index is 12.1. The van der Waals surface area contributed by atoms with Crippen molar-refractivity contribution in [2.45, 2.75) is 44.7 Å². The van der Waals surface area contributed by atoms with E-state index in [1.54, 1.807) is 6.92 Å². The zero-order valence-corrected chi connectivity index (χ0v) is 12.4. The molecule has 1 aliphatic rings. The van der Waals surface area contributed by atoms with E-state index in [1.165, 1.54) is 6.07 Å². The quantitative estimate of drug-likeness (QED) is 0.886. The lowest BCUT2D eigenvalue weighted by Gasteiger charge is -2.34. The number of hydrogen-bond donors (Lipinski definition) is 1. The van der Waals surface area contributed by atoms with E-state index in [0.29, 0.717) is 17.8 Å². The lowest BCUT2D eigenvalue weighted by molar-refractivity contribution is 0.0681. The zero-order valence-electron chi connectivity index (χ0n) is 12.4. The molecule has 0 aromatic carbocycles. The molecule has 0 saturated heterocycles. The predicted molar refractivity (Wildman–Crippen MR) is 76.1 cm³/mol. The average Bonchev–Trinajstić information content (AvgIpc) is 2.78. The Morgan fingerprint density at radius 1 is 1.45 bits per heavy atom. The Hall–Kier alpha value is -1.40. The molecule has 0 bridgehead atoms. The van der Waals surface area contributed by atoms with E-state index >= 15 is 0 Å². The van der Waals surface area contributed by atoms with Crippen molar-refractivity contribution in [1.29, 1.82) is 0 Å². The van der Waals surface area contributed by atoms with Crippen LogP contribution in [0.3, 0.4) is 0 Å². The molecule has 0 radical (unpaired) electrons. The molecule has 0 atom stereocenters. The van der Waals surface area contributed by atoms with Crippen LogP contribution in [-0.2, 0) is 0 Å². The summed E-state index contributed by atoms with van der Waals surface area (Å²) >= 11 is 0. The van der Waals surface area contributed by atoms with Gasteiger partial charge in [0.05, 0.1) is 6.54 Å². The summed E-state index contributed by atoms with van der Waals surface area (Å²) in [4.78, 5) is 25.6. The van der Waals surface area contributed by atoms with Crippen LogP contribution in [0.2, 0.25) is 0 Å². The first-order chi connectivity index (χ1) is 9.51. The standard InChI is InChI=1S/C14H23N3O3/c1-10-8-13(18)17(20-10)14(19)9-16(3)12-6-4-11(15-2)5-7-12/h8,11-12,15H,4-7,9H2,1-3H3. The van der Waals surface area contributed by atoms with Gasteiger partial charge in [-0.25, -0.2) is 0 Å². The fourth-order valence-electron chi connectivity index (χ4n) is 2.83. The van der Waals surface area contributed by atoms with Crippen LogP contribution < -0.4 is 10.9 Å². The first-order valence-corrected chi connectivity index (χ1v) is 7.12. The summed E-state index contributed by atoms with van der Waals surface area (Å²) in [5, 5.41) is 3.29. The van der Waals surface area contributed by atoms with Crippen molar-refractivity contribution in [3.05, 3.63) is 22.2 Å². The molecule has 1 heterocycles. The summed E-state index contributed by atoms with van der Waals surface area (Å²) in [7, 11) is 3.92. The maximum Gasteiger partial charge on any atom is 0.290 e. The molecule has 1 aliphatic carbocycles. The third-order valence-corrected chi connectivity index (χ3v) is 4.10. The van der Waals surface area contributed by atoms with Gasteiger partial charge < -0.3 is 9.84 Å². The van der Waals surface area contributed by atoms with Crippen LogP contribution in [0.1, 0.15) is 36.2 Å². The minimum absolute atomic E-state index is 0.210. The lowest BCUT2D eigenvalue weighted by Crippen LogP contribution is -2.43. The molecular weight excluding hydrogens is 258 g/mol. The SMILES string of the molecule is CNC1CCC(N(C)CC(=O)n2oc(C)cc2=O)CC1. The summed E-state index contributed by atoms with van der Waals surface area (Å²) < 4.78 is 5.97. The molecule has 1 aromatic heterocycles. The van der Waals surface area contributed by atoms with Gasteiger partial charge in [-0.15, -0.1) is 4.74 Å². The Bertz CT molecular complexity index is 512. The van der Waals surface area contributed by atoms with E-state index < -0.39 is 0 Å². The molecule has 1 saturated carbocycles. The van der Waals surface area contributed by atoms with E-state index in [4.69, 9.17) is 4.52 Å². The second-order valence-corrected chi connectivity index (χ2v) is 5.58. The van der Waals surface area contributed by atoms with E-state index in [-0.39, 0.29) is 18.0 Å². The second kappa shape index (κ2) is 6.37. The first-order valence-electron chi connectivity index (χ1n) is 7.12. The Kier molecular flexibility index (Phi) is 4.77. The third kappa shape index (κ3) is 3.37. The topological polar surface area (TPSA) is 67.5 Å². The number of likely N-dealkylation sites (N-methyl/N-ethyl adjacent to an activating group) is 1. The van der Waals surface area contributed by atoms with Gasteiger partial charge in [-0.2, -0.15) is 0 Å².